The number of nitrogens with two attached hydrogens (primary N) is 1. The molecule has 0 heterocycles. The van der Waals surface area contributed by atoms with Gasteiger partial charge in [-0.2, -0.15) is 0 Å². The van der Waals surface area contributed by atoms with Crippen LogP contribution in [0.15, 0.2) is 66.7 Å². The van der Waals surface area contributed by atoms with Gasteiger partial charge in [0.2, 0.25) is 5.91 Å². The molecular weight excluding hydrogens is 340 g/mol. The van der Waals surface area contributed by atoms with Crippen molar-refractivity contribution in [2.45, 2.75) is 0 Å². The van der Waals surface area contributed by atoms with Crippen molar-refractivity contribution in [2.75, 3.05) is 13.2 Å². The summed E-state index contributed by atoms with van der Waals surface area (Å²) >= 11 is 0. The van der Waals surface area contributed by atoms with E-state index in [2.05, 4.69) is 17.2 Å². The van der Waals surface area contributed by atoms with Gasteiger partial charge in [0.05, 0.1) is 6.54 Å². The summed E-state index contributed by atoms with van der Waals surface area (Å²) in [7, 11) is 0. The van der Waals surface area contributed by atoms with Crippen LogP contribution in [-0.2, 0) is 4.79 Å². The van der Waals surface area contributed by atoms with Gasteiger partial charge in [0, 0.05) is 11.1 Å². The minimum absolute atomic E-state index is 0.0761. The average Bonchev–Trinajstić information content (AvgIpc) is 2.70. The maximum absolute atomic E-state index is 11.9. The van der Waals surface area contributed by atoms with E-state index in [4.69, 9.17) is 10.5 Å². The van der Waals surface area contributed by atoms with E-state index in [9.17, 15) is 9.59 Å². The zero-order valence-corrected chi connectivity index (χ0v) is 14.6. The Bertz CT molecular complexity index is 1030. The minimum atomic E-state index is -0.479. The van der Waals surface area contributed by atoms with E-state index < -0.39 is 5.91 Å². The summed E-state index contributed by atoms with van der Waals surface area (Å²) in [6.07, 6.45) is 0. The Labute approximate surface area is 157 Å². The van der Waals surface area contributed by atoms with Gasteiger partial charge in [0.25, 0.3) is 5.91 Å². The molecule has 3 aromatic carbocycles. The Hall–Kier alpha value is -3.78. The molecule has 0 radical (unpaired) electrons. The van der Waals surface area contributed by atoms with Crippen molar-refractivity contribution in [1.29, 1.82) is 0 Å². The molecule has 0 unspecified atom stereocenters. The van der Waals surface area contributed by atoms with Gasteiger partial charge >= 0.3 is 0 Å². The molecule has 0 aromatic heterocycles. The SMILES string of the molecule is NC(=O)c1ccc(C#CCNC(=O)COc2ccc3ccccc3c2)cc1. The summed E-state index contributed by atoms with van der Waals surface area (Å²) in [4.78, 5) is 22.9. The molecule has 0 atom stereocenters. The standard InChI is InChI=1S/C22H18N2O3/c23-22(26)18-9-7-16(8-10-18)4-3-13-24-21(25)15-27-20-12-11-17-5-1-2-6-19(17)14-20/h1-2,5-12,14H,13,15H2,(H2,23,26)(H,24,25). The van der Waals surface area contributed by atoms with Crippen LogP contribution in [0.2, 0.25) is 0 Å². The molecule has 134 valence electrons. The van der Waals surface area contributed by atoms with Crippen LogP contribution in [0.25, 0.3) is 10.8 Å². The lowest BCUT2D eigenvalue weighted by atomic mass is 10.1. The number of hydrogen-bond acceptors (Lipinski definition) is 3. The maximum atomic E-state index is 11.9. The third-order valence-electron chi connectivity index (χ3n) is 3.87. The zero-order valence-electron chi connectivity index (χ0n) is 14.6. The fraction of sp³-hybridized carbons (Fsp3) is 0.0909. The molecule has 3 N–H and O–H groups in total. The normalized spacial score (nSPS) is 9.93. The Morgan fingerprint density at radius 2 is 1.70 bits per heavy atom. The van der Waals surface area contributed by atoms with Crippen molar-refractivity contribution >= 4 is 22.6 Å². The molecule has 0 aliphatic carbocycles. The zero-order chi connectivity index (χ0) is 19.1. The first-order valence-electron chi connectivity index (χ1n) is 8.39. The van der Waals surface area contributed by atoms with Crippen LogP contribution in [0, 0.1) is 11.8 Å². The molecule has 0 aliphatic heterocycles. The average molecular weight is 358 g/mol. The van der Waals surface area contributed by atoms with Crippen molar-refractivity contribution in [1.82, 2.24) is 5.32 Å². The molecule has 2 amide bonds. The molecule has 0 aliphatic rings. The van der Waals surface area contributed by atoms with E-state index >= 15 is 0 Å². The van der Waals surface area contributed by atoms with E-state index in [0.29, 0.717) is 11.3 Å². The van der Waals surface area contributed by atoms with Crippen LogP contribution >= 0.6 is 0 Å². The number of carbonyl (C=O) groups excluding carboxylic acids is 2. The number of benzene rings is 3. The summed E-state index contributed by atoms with van der Waals surface area (Å²) in [5.41, 5.74) is 6.35. The molecule has 5 heteroatoms. The van der Waals surface area contributed by atoms with Gasteiger partial charge in [0.1, 0.15) is 5.75 Å². The van der Waals surface area contributed by atoms with Crippen molar-refractivity contribution in [2.24, 2.45) is 5.73 Å². The number of rotatable bonds is 5. The molecule has 0 saturated carbocycles. The first-order chi connectivity index (χ1) is 13.1. The van der Waals surface area contributed by atoms with Crippen LogP contribution < -0.4 is 15.8 Å². The summed E-state index contributed by atoms with van der Waals surface area (Å²) in [5, 5.41) is 4.86. The number of carbonyl (C=O) groups is 2. The lowest BCUT2D eigenvalue weighted by Crippen LogP contribution is -2.29. The number of amides is 2. The van der Waals surface area contributed by atoms with Gasteiger partial charge in [-0.05, 0) is 47.2 Å². The van der Waals surface area contributed by atoms with Gasteiger partial charge in [0.15, 0.2) is 6.61 Å². The molecule has 5 nitrogen and oxygen atoms in total. The van der Waals surface area contributed by atoms with Crippen molar-refractivity contribution in [3.05, 3.63) is 77.9 Å². The Morgan fingerprint density at radius 1 is 0.963 bits per heavy atom. The highest BCUT2D eigenvalue weighted by atomic mass is 16.5. The summed E-state index contributed by atoms with van der Waals surface area (Å²) in [6, 6.07) is 20.3. The molecule has 3 rings (SSSR count). The molecular formula is C22H18N2O3. The highest BCUT2D eigenvalue weighted by molar-refractivity contribution is 5.92. The van der Waals surface area contributed by atoms with Crippen molar-refractivity contribution in [3.8, 4) is 17.6 Å². The third kappa shape index (κ3) is 5.10. The Balaban J connectivity index is 1.46. The van der Waals surface area contributed by atoms with E-state index in [0.717, 1.165) is 16.3 Å². The Morgan fingerprint density at radius 3 is 2.44 bits per heavy atom. The summed E-state index contributed by atoms with van der Waals surface area (Å²) in [6.45, 7) is 0.130. The first-order valence-corrected chi connectivity index (χ1v) is 8.39. The topological polar surface area (TPSA) is 81.4 Å². The van der Waals surface area contributed by atoms with Crippen LogP contribution in [0.5, 0.6) is 5.75 Å². The lowest BCUT2D eigenvalue weighted by Gasteiger charge is -2.07. The molecule has 0 fully saturated rings. The third-order valence-corrected chi connectivity index (χ3v) is 3.87. The molecule has 3 aromatic rings. The van der Waals surface area contributed by atoms with E-state index in [1.54, 1.807) is 24.3 Å². The minimum Gasteiger partial charge on any atom is -0.484 e. The highest BCUT2D eigenvalue weighted by Crippen LogP contribution is 2.20. The number of fused-ring (bicyclic) bond motifs is 1. The fourth-order valence-electron chi connectivity index (χ4n) is 2.46. The van der Waals surface area contributed by atoms with Crippen molar-refractivity contribution in [3.63, 3.8) is 0 Å². The monoisotopic (exact) mass is 358 g/mol. The predicted octanol–water partition coefficient (Wildman–Crippen LogP) is 2.49. The fourth-order valence-corrected chi connectivity index (χ4v) is 2.46. The summed E-state index contributed by atoms with van der Waals surface area (Å²) in [5.74, 6) is 5.67. The van der Waals surface area contributed by atoms with Crippen LogP contribution in [0.1, 0.15) is 15.9 Å². The first kappa shape index (κ1) is 18.0. The maximum Gasteiger partial charge on any atom is 0.258 e. The highest BCUT2D eigenvalue weighted by Gasteiger charge is 2.02. The Kier molecular flexibility index (Phi) is 5.70. The number of primary amides is 1. The van der Waals surface area contributed by atoms with E-state index in [-0.39, 0.29) is 19.1 Å². The van der Waals surface area contributed by atoms with Gasteiger partial charge < -0.3 is 15.8 Å². The second kappa shape index (κ2) is 8.54. The van der Waals surface area contributed by atoms with E-state index in [1.807, 2.05) is 42.5 Å². The van der Waals surface area contributed by atoms with Gasteiger partial charge in [-0.3, -0.25) is 9.59 Å². The molecule has 0 bridgehead atoms. The molecule has 27 heavy (non-hydrogen) atoms. The quantitative estimate of drug-likeness (QED) is 0.688. The van der Waals surface area contributed by atoms with Crippen LogP contribution in [0.3, 0.4) is 0 Å². The number of nitrogens with one attached hydrogen (secondary N) is 1. The van der Waals surface area contributed by atoms with Gasteiger partial charge in [-0.1, -0.05) is 42.2 Å². The largest absolute Gasteiger partial charge is 0.484 e. The van der Waals surface area contributed by atoms with Crippen LogP contribution in [0.4, 0.5) is 0 Å². The van der Waals surface area contributed by atoms with Gasteiger partial charge in [-0.15, -0.1) is 0 Å². The number of ether oxygens (including phenoxy) is 1. The number of hydrogen-bond donors (Lipinski definition) is 2. The van der Waals surface area contributed by atoms with E-state index in [1.165, 1.54) is 0 Å². The predicted molar refractivity (Wildman–Crippen MR) is 104 cm³/mol. The lowest BCUT2D eigenvalue weighted by molar-refractivity contribution is -0.122. The molecule has 0 saturated heterocycles. The van der Waals surface area contributed by atoms with Crippen molar-refractivity contribution < 1.29 is 14.3 Å². The van der Waals surface area contributed by atoms with Crippen LogP contribution in [-0.4, -0.2) is 25.0 Å². The molecule has 0 spiro atoms. The second-order valence-corrected chi connectivity index (χ2v) is 5.82. The second-order valence-electron chi connectivity index (χ2n) is 5.82. The smallest absolute Gasteiger partial charge is 0.258 e. The summed E-state index contributed by atoms with van der Waals surface area (Å²) < 4.78 is 5.52. The van der Waals surface area contributed by atoms with Gasteiger partial charge in [-0.25, -0.2) is 0 Å².